The Labute approximate surface area is 172 Å². The zero-order valence-electron chi connectivity index (χ0n) is 16.8. The number of esters is 1. The largest absolute Gasteiger partial charge is 0.464 e. The number of anilines is 1. The monoisotopic (exact) mass is 416 g/mol. The molecule has 1 saturated heterocycles. The number of rotatable bonds is 5. The number of carbonyl (C=O) groups is 2. The van der Waals surface area contributed by atoms with E-state index in [2.05, 4.69) is 21.6 Å². The van der Waals surface area contributed by atoms with E-state index in [4.69, 9.17) is 4.74 Å². The van der Waals surface area contributed by atoms with Gasteiger partial charge >= 0.3 is 5.97 Å². The number of methoxy groups -OCH3 is 1. The molecule has 8 heteroatoms. The Balaban J connectivity index is 1.93. The van der Waals surface area contributed by atoms with Crippen LogP contribution in [-0.4, -0.2) is 36.2 Å². The highest BCUT2D eigenvalue weighted by Crippen LogP contribution is 2.42. The predicted molar refractivity (Wildman–Crippen MR) is 107 cm³/mol. The van der Waals surface area contributed by atoms with Gasteiger partial charge in [-0.1, -0.05) is 25.6 Å². The molecule has 1 aliphatic rings. The Kier molecular flexibility index (Phi) is 6.26. The maximum Gasteiger partial charge on any atom is 0.356 e. The molecule has 1 aromatic carbocycles. The van der Waals surface area contributed by atoms with E-state index >= 15 is 0 Å². The van der Waals surface area contributed by atoms with Crippen molar-refractivity contribution in [3.8, 4) is 0 Å². The van der Waals surface area contributed by atoms with E-state index in [1.165, 1.54) is 37.6 Å². The van der Waals surface area contributed by atoms with Crippen LogP contribution in [0.25, 0.3) is 6.08 Å². The standard InChI is InChI=1S/C22H22F2N2O4/c1-5-14-15(6-7-16(23)19(14)24)18-11(2)12(3)30-20(18)21(27)26-13-8-9-25-17(10-13)22(28)29-4/h5-12,18,20H,1H2,2-4H3,(H,25,26,27)/t11-,12-,18+,20-/m1/s1. The van der Waals surface area contributed by atoms with Gasteiger partial charge in [0.2, 0.25) is 0 Å². The maximum absolute atomic E-state index is 14.3. The third-order valence-electron chi connectivity index (χ3n) is 5.40. The van der Waals surface area contributed by atoms with Crippen molar-refractivity contribution in [2.45, 2.75) is 32.0 Å². The molecule has 2 heterocycles. The third-order valence-corrected chi connectivity index (χ3v) is 5.40. The third kappa shape index (κ3) is 3.95. The quantitative estimate of drug-likeness (QED) is 0.748. The molecule has 0 unspecified atom stereocenters. The highest BCUT2D eigenvalue weighted by molar-refractivity contribution is 5.96. The van der Waals surface area contributed by atoms with Gasteiger partial charge in [-0.25, -0.2) is 18.6 Å². The summed E-state index contributed by atoms with van der Waals surface area (Å²) in [5, 5.41) is 2.70. The zero-order chi connectivity index (χ0) is 22.0. The van der Waals surface area contributed by atoms with Crippen molar-refractivity contribution in [2.75, 3.05) is 12.4 Å². The van der Waals surface area contributed by atoms with Crippen LogP contribution in [0.1, 0.15) is 41.4 Å². The molecule has 0 radical (unpaired) electrons. The van der Waals surface area contributed by atoms with E-state index in [0.29, 0.717) is 11.3 Å². The van der Waals surface area contributed by atoms with Gasteiger partial charge < -0.3 is 14.8 Å². The number of aromatic nitrogens is 1. The molecular weight excluding hydrogens is 394 g/mol. The first-order valence-electron chi connectivity index (χ1n) is 9.39. The molecular formula is C22H22F2N2O4. The summed E-state index contributed by atoms with van der Waals surface area (Å²) in [5.41, 5.74) is 0.833. The molecule has 6 nitrogen and oxygen atoms in total. The highest BCUT2D eigenvalue weighted by Gasteiger charge is 2.45. The van der Waals surface area contributed by atoms with E-state index < -0.39 is 35.5 Å². The fourth-order valence-electron chi connectivity index (χ4n) is 3.70. The van der Waals surface area contributed by atoms with Gasteiger partial charge in [-0.05, 0) is 36.6 Å². The summed E-state index contributed by atoms with van der Waals surface area (Å²) in [6.45, 7) is 7.29. The van der Waals surface area contributed by atoms with Crippen LogP contribution in [0.2, 0.25) is 0 Å². The molecule has 158 valence electrons. The summed E-state index contributed by atoms with van der Waals surface area (Å²) in [6.07, 6.45) is 1.36. The average molecular weight is 416 g/mol. The van der Waals surface area contributed by atoms with Crippen molar-refractivity contribution in [2.24, 2.45) is 5.92 Å². The molecule has 3 rings (SSSR count). The molecule has 1 fully saturated rings. The fraction of sp³-hybridized carbons (Fsp3) is 0.318. The summed E-state index contributed by atoms with van der Waals surface area (Å²) in [7, 11) is 1.23. The lowest BCUT2D eigenvalue weighted by atomic mass is 9.80. The van der Waals surface area contributed by atoms with E-state index in [9.17, 15) is 18.4 Å². The number of pyridine rings is 1. The van der Waals surface area contributed by atoms with Crippen molar-refractivity contribution >= 4 is 23.6 Å². The Morgan fingerprint density at radius 1 is 1.27 bits per heavy atom. The SMILES string of the molecule is C=Cc1c([C@@H]2[C@H](C)[C@@H](C)O[C@H]2C(=O)Nc2ccnc(C(=O)OC)c2)ccc(F)c1F. The van der Waals surface area contributed by atoms with Crippen molar-refractivity contribution in [3.05, 3.63) is 65.5 Å². The minimum atomic E-state index is -1.01. The number of hydrogen-bond acceptors (Lipinski definition) is 5. The van der Waals surface area contributed by atoms with Gasteiger partial charge in [-0.15, -0.1) is 0 Å². The number of hydrogen-bond donors (Lipinski definition) is 1. The molecule has 1 aliphatic heterocycles. The number of ether oxygens (including phenoxy) is 2. The van der Waals surface area contributed by atoms with Crippen LogP contribution in [0.5, 0.6) is 0 Å². The summed E-state index contributed by atoms with van der Waals surface area (Å²) >= 11 is 0. The summed E-state index contributed by atoms with van der Waals surface area (Å²) in [5.74, 6) is -3.78. The molecule has 4 atom stereocenters. The highest BCUT2D eigenvalue weighted by atomic mass is 19.2. The van der Waals surface area contributed by atoms with Crippen LogP contribution >= 0.6 is 0 Å². The molecule has 0 spiro atoms. The second kappa shape index (κ2) is 8.71. The first-order chi connectivity index (χ1) is 14.3. The van der Waals surface area contributed by atoms with Crippen LogP contribution in [-0.2, 0) is 14.3 Å². The maximum atomic E-state index is 14.3. The number of carbonyl (C=O) groups excluding carboxylic acids is 2. The number of nitrogens with one attached hydrogen (secondary N) is 1. The van der Waals surface area contributed by atoms with E-state index in [1.54, 1.807) is 0 Å². The Morgan fingerprint density at radius 2 is 2.00 bits per heavy atom. The van der Waals surface area contributed by atoms with Crippen LogP contribution in [0.4, 0.5) is 14.5 Å². The topological polar surface area (TPSA) is 77.5 Å². The normalized spacial score (nSPS) is 23.1. The van der Waals surface area contributed by atoms with Crippen molar-refractivity contribution in [1.29, 1.82) is 0 Å². The average Bonchev–Trinajstić information content (AvgIpc) is 3.04. The minimum Gasteiger partial charge on any atom is -0.464 e. The molecule has 0 bridgehead atoms. The summed E-state index contributed by atoms with van der Waals surface area (Å²) in [6, 6.07) is 5.40. The van der Waals surface area contributed by atoms with Crippen molar-refractivity contribution in [3.63, 3.8) is 0 Å². The minimum absolute atomic E-state index is 0.0132. The second-order valence-corrected chi connectivity index (χ2v) is 7.13. The van der Waals surface area contributed by atoms with E-state index in [1.807, 2.05) is 13.8 Å². The van der Waals surface area contributed by atoms with Crippen molar-refractivity contribution < 1.29 is 27.8 Å². The van der Waals surface area contributed by atoms with Gasteiger partial charge in [-0.3, -0.25) is 4.79 Å². The van der Waals surface area contributed by atoms with E-state index in [-0.39, 0.29) is 23.3 Å². The zero-order valence-corrected chi connectivity index (χ0v) is 16.8. The van der Waals surface area contributed by atoms with Crippen LogP contribution in [0, 0.1) is 17.6 Å². The second-order valence-electron chi connectivity index (χ2n) is 7.13. The molecule has 1 amide bonds. The molecule has 30 heavy (non-hydrogen) atoms. The lowest BCUT2D eigenvalue weighted by Crippen LogP contribution is -2.33. The van der Waals surface area contributed by atoms with Gasteiger partial charge in [0.15, 0.2) is 11.6 Å². The Bertz CT molecular complexity index is 995. The molecule has 1 aromatic heterocycles. The van der Waals surface area contributed by atoms with Crippen LogP contribution in [0.3, 0.4) is 0 Å². The number of nitrogens with zero attached hydrogens (tertiary/aromatic N) is 1. The van der Waals surface area contributed by atoms with Crippen LogP contribution in [0.15, 0.2) is 37.0 Å². The summed E-state index contributed by atoms with van der Waals surface area (Å²) < 4.78 is 38.5. The first-order valence-corrected chi connectivity index (χ1v) is 9.39. The smallest absolute Gasteiger partial charge is 0.356 e. The Hall–Kier alpha value is -3.13. The first kappa shape index (κ1) is 21.6. The predicted octanol–water partition coefficient (Wildman–Crippen LogP) is 3.94. The lowest BCUT2D eigenvalue weighted by molar-refractivity contribution is -0.127. The van der Waals surface area contributed by atoms with Crippen LogP contribution < -0.4 is 5.32 Å². The Morgan fingerprint density at radius 3 is 2.67 bits per heavy atom. The molecule has 1 N–H and O–H groups in total. The van der Waals surface area contributed by atoms with Gasteiger partial charge in [0.25, 0.3) is 5.91 Å². The number of benzene rings is 1. The molecule has 0 aliphatic carbocycles. The number of halogens is 2. The van der Waals surface area contributed by atoms with E-state index in [0.717, 1.165) is 6.07 Å². The molecule has 2 aromatic rings. The summed E-state index contributed by atoms with van der Waals surface area (Å²) in [4.78, 5) is 28.6. The molecule has 0 saturated carbocycles. The fourth-order valence-corrected chi connectivity index (χ4v) is 3.70. The van der Waals surface area contributed by atoms with Gasteiger partial charge in [0, 0.05) is 23.4 Å². The number of amides is 1. The van der Waals surface area contributed by atoms with Crippen molar-refractivity contribution in [1.82, 2.24) is 4.98 Å². The van der Waals surface area contributed by atoms with Gasteiger partial charge in [-0.2, -0.15) is 0 Å². The van der Waals surface area contributed by atoms with Gasteiger partial charge in [0.1, 0.15) is 11.8 Å². The lowest BCUT2D eigenvalue weighted by Gasteiger charge is -2.23. The van der Waals surface area contributed by atoms with Gasteiger partial charge in [0.05, 0.1) is 13.2 Å².